The normalized spacial score (nSPS) is 40.2. The van der Waals surface area contributed by atoms with Crippen molar-refractivity contribution in [1.29, 1.82) is 0 Å². The lowest BCUT2D eigenvalue weighted by molar-refractivity contribution is 0.268. The van der Waals surface area contributed by atoms with Crippen molar-refractivity contribution >= 4 is 0 Å². The van der Waals surface area contributed by atoms with Crippen molar-refractivity contribution in [3.8, 4) is 0 Å². The first kappa shape index (κ1) is 10.9. The second kappa shape index (κ2) is 4.03. The topological polar surface area (TPSA) is 63.0 Å². The average Bonchev–Trinajstić information content (AvgIpc) is 2.79. The molecule has 5 heteroatoms. The number of rotatable bonds is 5. The maximum Gasteiger partial charge on any atom is 0.0964 e. The maximum atomic E-state index is 8.83. The molecular weight excluding hydrogens is 228 g/mol. The van der Waals surface area contributed by atoms with Crippen molar-refractivity contribution < 1.29 is 5.11 Å². The summed E-state index contributed by atoms with van der Waals surface area (Å²) in [5, 5.41) is 20.6. The highest BCUT2D eigenvalue weighted by Crippen LogP contribution is 2.65. The monoisotopic (exact) mass is 248 g/mol. The van der Waals surface area contributed by atoms with Crippen LogP contribution in [0.25, 0.3) is 0 Å². The van der Waals surface area contributed by atoms with E-state index in [9.17, 15) is 0 Å². The number of nitrogens with zero attached hydrogens (tertiary/aromatic N) is 3. The van der Waals surface area contributed by atoms with Gasteiger partial charge in [-0.25, -0.2) is 4.68 Å². The maximum absolute atomic E-state index is 8.83. The van der Waals surface area contributed by atoms with E-state index < -0.39 is 0 Å². The van der Waals surface area contributed by atoms with Crippen molar-refractivity contribution in [2.75, 3.05) is 6.61 Å². The Bertz CT molecular complexity index is 430. The SMILES string of the molecule is OCCn1cc(CNC2C3C4CCC(C4)C23)nn1. The third-order valence-electron chi connectivity index (χ3n) is 5.17. The Morgan fingerprint density at radius 2 is 2.11 bits per heavy atom. The van der Waals surface area contributed by atoms with Crippen molar-refractivity contribution in [3.05, 3.63) is 11.9 Å². The van der Waals surface area contributed by atoms with Crippen LogP contribution in [0, 0.1) is 23.7 Å². The van der Waals surface area contributed by atoms with E-state index in [1.54, 1.807) is 4.68 Å². The molecule has 3 aliphatic rings. The van der Waals surface area contributed by atoms with Gasteiger partial charge in [0.25, 0.3) is 0 Å². The molecule has 3 saturated carbocycles. The zero-order valence-corrected chi connectivity index (χ0v) is 10.5. The molecule has 4 atom stereocenters. The Morgan fingerprint density at radius 1 is 1.33 bits per heavy atom. The summed E-state index contributed by atoms with van der Waals surface area (Å²) in [6.07, 6.45) is 6.36. The third-order valence-corrected chi connectivity index (χ3v) is 5.17. The molecule has 5 nitrogen and oxygen atoms in total. The van der Waals surface area contributed by atoms with Gasteiger partial charge in [-0.05, 0) is 42.9 Å². The Balaban J connectivity index is 1.32. The summed E-state index contributed by atoms with van der Waals surface area (Å²) in [5.41, 5.74) is 0.987. The summed E-state index contributed by atoms with van der Waals surface area (Å²) < 4.78 is 1.70. The lowest BCUT2D eigenvalue weighted by Crippen LogP contribution is -2.22. The molecule has 98 valence electrons. The van der Waals surface area contributed by atoms with Crippen molar-refractivity contribution in [2.24, 2.45) is 23.7 Å². The highest BCUT2D eigenvalue weighted by molar-refractivity contribution is 5.17. The summed E-state index contributed by atoms with van der Waals surface area (Å²) in [6, 6.07) is 0.749. The van der Waals surface area contributed by atoms with E-state index in [1.165, 1.54) is 19.3 Å². The van der Waals surface area contributed by atoms with Gasteiger partial charge in [-0.15, -0.1) is 5.10 Å². The third kappa shape index (κ3) is 1.61. The van der Waals surface area contributed by atoms with Gasteiger partial charge in [0, 0.05) is 18.8 Å². The van der Waals surface area contributed by atoms with Crippen LogP contribution in [0.2, 0.25) is 0 Å². The number of nitrogens with one attached hydrogen (secondary N) is 1. The molecular formula is C13H20N4O. The number of fused-ring (bicyclic) bond motifs is 5. The van der Waals surface area contributed by atoms with E-state index in [1.807, 2.05) is 6.20 Å². The predicted octanol–water partition coefficient (Wildman–Crippen LogP) is 0.404. The second-order valence-corrected chi connectivity index (χ2v) is 6.09. The molecule has 3 fully saturated rings. The minimum absolute atomic E-state index is 0.117. The predicted molar refractivity (Wildman–Crippen MR) is 65.5 cm³/mol. The van der Waals surface area contributed by atoms with Crippen LogP contribution in [0.1, 0.15) is 25.0 Å². The van der Waals surface area contributed by atoms with E-state index in [2.05, 4.69) is 15.6 Å². The van der Waals surface area contributed by atoms with Crippen LogP contribution < -0.4 is 5.32 Å². The largest absolute Gasteiger partial charge is 0.394 e. The summed E-state index contributed by atoms with van der Waals surface area (Å²) in [4.78, 5) is 0. The number of hydrogen-bond donors (Lipinski definition) is 2. The fourth-order valence-electron chi connectivity index (χ4n) is 4.45. The fourth-order valence-corrected chi connectivity index (χ4v) is 4.45. The molecule has 2 bridgehead atoms. The van der Waals surface area contributed by atoms with Crippen molar-refractivity contribution in [1.82, 2.24) is 20.3 Å². The van der Waals surface area contributed by atoms with E-state index in [4.69, 9.17) is 5.11 Å². The summed E-state index contributed by atoms with van der Waals surface area (Å²) >= 11 is 0. The summed E-state index contributed by atoms with van der Waals surface area (Å²) in [5.74, 6) is 3.97. The zero-order valence-electron chi connectivity index (χ0n) is 10.5. The second-order valence-electron chi connectivity index (χ2n) is 6.09. The van der Waals surface area contributed by atoms with Crippen LogP contribution in [0.5, 0.6) is 0 Å². The van der Waals surface area contributed by atoms with Crippen LogP contribution in [0.3, 0.4) is 0 Å². The smallest absolute Gasteiger partial charge is 0.0964 e. The van der Waals surface area contributed by atoms with Crippen LogP contribution >= 0.6 is 0 Å². The van der Waals surface area contributed by atoms with Crippen LogP contribution in [0.15, 0.2) is 6.20 Å². The molecule has 0 aliphatic heterocycles. The van der Waals surface area contributed by atoms with Crippen LogP contribution in [0.4, 0.5) is 0 Å². The van der Waals surface area contributed by atoms with E-state index in [-0.39, 0.29) is 6.61 Å². The molecule has 0 radical (unpaired) electrons. The summed E-state index contributed by atoms with van der Waals surface area (Å²) in [6.45, 7) is 1.47. The Kier molecular flexibility index (Phi) is 2.45. The molecule has 0 amide bonds. The van der Waals surface area contributed by atoms with E-state index >= 15 is 0 Å². The van der Waals surface area contributed by atoms with Gasteiger partial charge >= 0.3 is 0 Å². The number of aliphatic hydroxyl groups excluding tert-OH is 1. The van der Waals surface area contributed by atoms with Crippen LogP contribution in [-0.2, 0) is 13.1 Å². The molecule has 0 aromatic carbocycles. The number of aromatic nitrogens is 3. The zero-order chi connectivity index (χ0) is 12.1. The Morgan fingerprint density at radius 3 is 2.83 bits per heavy atom. The van der Waals surface area contributed by atoms with Gasteiger partial charge in [0.05, 0.1) is 18.8 Å². The van der Waals surface area contributed by atoms with Gasteiger partial charge in [0.2, 0.25) is 0 Å². The average molecular weight is 248 g/mol. The van der Waals surface area contributed by atoms with Crippen molar-refractivity contribution in [3.63, 3.8) is 0 Å². The summed E-state index contributed by atoms with van der Waals surface area (Å²) in [7, 11) is 0. The molecule has 1 heterocycles. The highest BCUT2D eigenvalue weighted by Gasteiger charge is 2.64. The Labute approximate surface area is 107 Å². The lowest BCUT2D eigenvalue weighted by Gasteiger charge is -2.08. The fraction of sp³-hybridized carbons (Fsp3) is 0.846. The van der Waals surface area contributed by atoms with E-state index in [0.29, 0.717) is 6.54 Å². The van der Waals surface area contributed by atoms with E-state index in [0.717, 1.165) is 42.0 Å². The van der Waals surface area contributed by atoms with Gasteiger partial charge in [-0.2, -0.15) is 0 Å². The molecule has 0 saturated heterocycles. The first-order chi connectivity index (χ1) is 8.86. The van der Waals surface area contributed by atoms with Gasteiger partial charge in [-0.1, -0.05) is 5.21 Å². The molecule has 4 rings (SSSR count). The standard InChI is InChI=1S/C13H20N4O/c18-4-3-17-7-10(15-16-17)6-14-13-11-8-1-2-9(5-8)12(11)13/h7-9,11-14,18H,1-6H2. The van der Waals surface area contributed by atoms with Crippen LogP contribution in [-0.4, -0.2) is 32.7 Å². The quantitative estimate of drug-likeness (QED) is 0.792. The van der Waals surface area contributed by atoms with Gasteiger partial charge < -0.3 is 10.4 Å². The number of aliphatic hydroxyl groups is 1. The molecule has 18 heavy (non-hydrogen) atoms. The molecule has 1 aromatic rings. The molecule has 4 unspecified atom stereocenters. The lowest BCUT2D eigenvalue weighted by atomic mass is 10.0. The minimum atomic E-state index is 0.117. The van der Waals surface area contributed by atoms with Gasteiger partial charge in [0.1, 0.15) is 0 Å². The van der Waals surface area contributed by atoms with Crippen molar-refractivity contribution in [2.45, 2.75) is 38.4 Å². The van der Waals surface area contributed by atoms with Gasteiger partial charge in [-0.3, -0.25) is 0 Å². The molecule has 3 aliphatic carbocycles. The minimum Gasteiger partial charge on any atom is -0.394 e. The first-order valence-electron chi connectivity index (χ1n) is 7.10. The Hall–Kier alpha value is -0.940. The highest BCUT2D eigenvalue weighted by atomic mass is 16.3. The first-order valence-corrected chi connectivity index (χ1v) is 7.10. The molecule has 1 aromatic heterocycles. The number of hydrogen-bond acceptors (Lipinski definition) is 4. The molecule has 0 spiro atoms. The van der Waals surface area contributed by atoms with Gasteiger partial charge in [0.15, 0.2) is 0 Å². The molecule has 2 N–H and O–H groups in total.